The van der Waals surface area contributed by atoms with Crippen LogP contribution in [0.2, 0.25) is 0 Å². The van der Waals surface area contributed by atoms with Crippen molar-refractivity contribution in [3.8, 4) is 11.3 Å². The molecule has 2 aromatic carbocycles. The average molecular weight is 348 g/mol. The molecule has 0 aliphatic carbocycles. The van der Waals surface area contributed by atoms with Crippen molar-refractivity contribution in [1.82, 2.24) is 9.97 Å². The predicted octanol–water partition coefficient (Wildman–Crippen LogP) is 6.02. The van der Waals surface area contributed by atoms with Gasteiger partial charge < -0.3 is 5.32 Å². The van der Waals surface area contributed by atoms with E-state index < -0.39 is 0 Å². The average Bonchev–Trinajstić information content (AvgIpc) is 2.71. The highest BCUT2D eigenvalue weighted by molar-refractivity contribution is 5.87. The number of fused-ring (bicyclic) bond motifs is 1. The molecule has 3 rings (SSSR count). The Kier molecular flexibility index (Phi) is 5.87. The van der Waals surface area contributed by atoms with E-state index in [1.807, 2.05) is 0 Å². The molecule has 3 aromatic rings. The first-order valence-electron chi connectivity index (χ1n) is 9.85. The maximum Gasteiger partial charge on any atom is 0.148 e. The topological polar surface area (TPSA) is 37.8 Å². The number of nitrogens with zero attached hydrogens (tertiary/aromatic N) is 2. The zero-order chi connectivity index (χ0) is 18.5. The molecule has 1 aromatic heterocycles. The smallest absolute Gasteiger partial charge is 0.148 e. The zero-order valence-electron chi connectivity index (χ0n) is 16.3. The van der Waals surface area contributed by atoms with E-state index in [4.69, 9.17) is 9.97 Å². The summed E-state index contributed by atoms with van der Waals surface area (Å²) in [6.45, 7) is 8.73. The van der Waals surface area contributed by atoms with E-state index in [-0.39, 0.29) is 0 Å². The van der Waals surface area contributed by atoms with E-state index in [0.29, 0.717) is 6.04 Å². The molecule has 0 atom stereocenters. The number of hydrogen-bond acceptors (Lipinski definition) is 3. The predicted molar refractivity (Wildman–Crippen MR) is 112 cm³/mol. The van der Waals surface area contributed by atoms with E-state index in [1.54, 1.807) is 0 Å². The third kappa shape index (κ3) is 3.72. The second-order valence-electron chi connectivity index (χ2n) is 6.74. The molecule has 0 saturated heterocycles. The van der Waals surface area contributed by atoms with Gasteiger partial charge in [0.25, 0.3) is 0 Å². The van der Waals surface area contributed by atoms with Crippen molar-refractivity contribution in [1.29, 1.82) is 0 Å². The van der Waals surface area contributed by atoms with Crippen molar-refractivity contribution in [2.24, 2.45) is 0 Å². The zero-order valence-corrected chi connectivity index (χ0v) is 16.3. The van der Waals surface area contributed by atoms with Crippen LogP contribution in [0.15, 0.2) is 42.5 Å². The Balaban J connectivity index is 2.08. The maximum absolute atomic E-state index is 5.04. The maximum atomic E-state index is 5.04. The fourth-order valence-electron chi connectivity index (χ4n) is 3.37. The Labute approximate surface area is 156 Å². The van der Waals surface area contributed by atoms with Crippen molar-refractivity contribution < 1.29 is 0 Å². The molecular formula is C23H29N3. The molecule has 0 radical (unpaired) electrons. The van der Waals surface area contributed by atoms with Crippen molar-refractivity contribution in [3.05, 3.63) is 53.9 Å². The molecule has 0 saturated carbocycles. The van der Waals surface area contributed by atoms with E-state index in [0.717, 1.165) is 54.1 Å². The lowest BCUT2D eigenvalue weighted by atomic mass is 10.0. The van der Waals surface area contributed by atoms with Gasteiger partial charge in [-0.05, 0) is 42.5 Å². The lowest BCUT2D eigenvalue weighted by molar-refractivity contribution is 0.665. The number of nitrogens with one attached hydrogen (secondary N) is 1. The van der Waals surface area contributed by atoms with Crippen LogP contribution in [-0.4, -0.2) is 16.0 Å². The van der Waals surface area contributed by atoms with Gasteiger partial charge >= 0.3 is 0 Å². The SMILES string of the molecule is CCc1nc(-c2ccc3ccccc3c2)c(CC)nc1NC(CC)CC. The normalized spacial score (nSPS) is 11.3. The lowest BCUT2D eigenvalue weighted by Crippen LogP contribution is -2.20. The number of aromatic nitrogens is 2. The Morgan fingerprint density at radius 1 is 0.808 bits per heavy atom. The van der Waals surface area contributed by atoms with E-state index in [1.165, 1.54) is 10.8 Å². The van der Waals surface area contributed by atoms with Crippen LogP contribution in [0.1, 0.15) is 51.9 Å². The monoisotopic (exact) mass is 347 g/mol. The van der Waals surface area contributed by atoms with Crippen molar-refractivity contribution in [2.75, 3.05) is 5.32 Å². The molecule has 0 aliphatic heterocycles. The first-order valence-corrected chi connectivity index (χ1v) is 9.85. The van der Waals surface area contributed by atoms with E-state index in [2.05, 4.69) is 75.5 Å². The fraction of sp³-hybridized carbons (Fsp3) is 0.391. The van der Waals surface area contributed by atoms with Crippen LogP contribution in [0.5, 0.6) is 0 Å². The van der Waals surface area contributed by atoms with Crippen LogP contribution in [0.25, 0.3) is 22.0 Å². The first kappa shape index (κ1) is 18.4. The Hall–Kier alpha value is -2.42. The summed E-state index contributed by atoms with van der Waals surface area (Å²) < 4.78 is 0. The first-order chi connectivity index (χ1) is 12.7. The van der Waals surface area contributed by atoms with Gasteiger partial charge in [-0.1, -0.05) is 64.1 Å². The van der Waals surface area contributed by atoms with Crippen molar-refractivity contribution in [3.63, 3.8) is 0 Å². The molecule has 3 nitrogen and oxygen atoms in total. The molecule has 0 spiro atoms. The largest absolute Gasteiger partial charge is 0.366 e. The summed E-state index contributed by atoms with van der Waals surface area (Å²) in [7, 11) is 0. The minimum absolute atomic E-state index is 0.450. The Morgan fingerprint density at radius 2 is 1.50 bits per heavy atom. The second kappa shape index (κ2) is 8.31. The standard InChI is InChI=1S/C23H29N3/c1-5-19(6-2)24-23-21(8-4)25-22(20(7-3)26-23)18-14-13-16-11-9-10-12-17(16)15-18/h9-15,19H,5-8H2,1-4H3,(H,24,26). The molecule has 3 heteroatoms. The van der Waals surface area contributed by atoms with Crippen LogP contribution in [0.4, 0.5) is 5.82 Å². The molecular weight excluding hydrogens is 318 g/mol. The summed E-state index contributed by atoms with van der Waals surface area (Å²) in [6, 6.07) is 15.5. The number of benzene rings is 2. The highest BCUT2D eigenvalue weighted by Gasteiger charge is 2.15. The summed E-state index contributed by atoms with van der Waals surface area (Å²) in [5.74, 6) is 0.961. The van der Waals surface area contributed by atoms with Gasteiger partial charge in [-0.15, -0.1) is 0 Å². The molecule has 0 unspecified atom stereocenters. The Bertz CT molecular complexity index is 882. The molecule has 0 aliphatic rings. The molecule has 1 N–H and O–H groups in total. The Morgan fingerprint density at radius 3 is 2.15 bits per heavy atom. The van der Waals surface area contributed by atoms with E-state index in [9.17, 15) is 0 Å². The molecule has 0 amide bonds. The van der Waals surface area contributed by atoms with Crippen LogP contribution in [0, 0.1) is 0 Å². The van der Waals surface area contributed by atoms with Gasteiger partial charge in [-0.3, -0.25) is 0 Å². The third-order valence-electron chi connectivity index (χ3n) is 5.06. The van der Waals surface area contributed by atoms with E-state index >= 15 is 0 Å². The van der Waals surface area contributed by atoms with Gasteiger partial charge in [-0.25, -0.2) is 9.97 Å². The highest BCUT2D eigenvalue weighted by Crippen LogP contribution is 2.28. The minimum Gasteiger partial charge on any atom is -0.366 e. The molecule has 1 heterocycles. The molecule has 136 valence electrons. The quantitative estimate of drug-likeness (QED) is 0.567. The summed E-state index contributed by atoms with van der Waals surface area (Å²) in [6.07, 6.45) is 3.93. The van der Waals surface area contributed by atoms with Crippen molar-refractivity contribution >= 4 is 16.6 Å². The van der Waals surface area contributed by atoms with Gasteiger partial charge in [-0.2, -0.15) is 0 Å². The summed E-state index contributed by atoms with van der Waals surface area (Å²) in [5.41, 5.74) is 4.28. The van der Waals surface area contributed by atoms with Gasteiger partial charge in [0, 0.05) is 11.6 Å². The van der Waals surface area contributed by atoms with Crippen molar-refractivity contribution in [2.45, 2.75) is 59.4 Å². The van der Waals surface area contributed by atoms with Crippen LogP contribution < -0.4 is 5.32 Å². The molecule has 0 bridgehead atoms. The number of rotatable bonds is 7. The number of aryl methyl sites for hydroxylation is 2. The van der Waals surface area contributed by atoms with Crippen LogP contribution in [0.3, 0.4) is 0 Å². The van der Waals surface area contributed by atoms with Crippen LogP contribution >= 0.6 is 0 Å². The van der Waals surface area contributed by atoms with Crippen LogP contribution in [-0.2, 0) is 12.8 Å². The van der Waals surface area contributed by atoms with Gasteiger partial charge in [0.15, 0.2) is 0 Å². The minimum atomic E-state index is 0.450. The number of anilines is 1. The molecule has 0 fully saturated rings. The summed E-state index contributed by atoms with van der Waals surface area (Å²) in [4.78, 5) is 10.0. The summed E-state index contributed by atoms with van der Waals surface area (Å²) >= 11 is 0. The second-order valence-corrected chi connectivity index (χ2v) is 6.74. The van der Waals surface area contributed by atoms with Gasteiger partial charge in [0.05, 0.1) is 17.1 Å². The number of hydrogen-bond donors (Lipinski definition) is 1. The van der Waals surface area contributed by atoms with Gasteiger partial charge in [0.2, 0.25) is 0 Å². The fourth-order valence-corrected chi connectivity index (χ4v) is 3.37. The highest BCUT2D eigenvalue weighted by atomic mass is 15.0. The summed E-state index contributed by atoms with van der Waals surface area (Å²) in [5, 5.41) is 6.10. The van der Waals surface area contributed by atoms with Gasteiger partial charge in [0.1, 0.15) is 5.82 Å². The third-order valence-corrected chi connectivity index (χ3v) is 5.06. The lowest BCUT2D eigenvalue weighted by Gasteiger charge is -2.19. The molecule has 26 heavy (non-hydrogen) atoms.